The molecule has 0 amide bonds. The van der Waals surface area contributed by atoms with Crippen molar-refractivity contribution in [3.05, 3.63) is 29.0 Å². The van der Waals surface area contributed by atoms with E-state index >= 15 is 0 Å². The fourth-order valence-electron chi connectivity index (χ4n) is 0.723. The molecular weight excluding hydrogens is 190 g/mol. The highest BCUT2D eigenvalue weighted by molar-refractivity contribution is 6.32. The smallest absolute Gasteiger partial charge is 0.342 e. The summed E-state index contributed by atoms with van der Waals surface area (Å²) in [5, 5.41) is 0.115. The maximum atomic E-state index is 11.2. The van der Waals surface area contributed by atoms with Crippen molar-refractivity contribution in [1.29, 1.82) is 0 Å². The fraction of sp³-hybridized carbons (Fsp3) is 0.111. The van der Waals surface area contributed by atoms with Crippen LogP contribution in [-0.2, 0) is 4.74 Å². The van der Waals surface area contributed by atoms with Crippen LogP contribution in [0.5, 0.6) is 0 Å². The number of terminal acetylenes is 1. The lowest BCUT2D eigenvalue weighted by atomic mass is 10.3. The molecule has 0 spiro atoms. The van der Waals surface area contributed by atoms with Crippen molar-refractivity contribution < 1.29 is 9.53 Å². The van der Waals surface area contributed by atoms with Crippen molar-refractivity contribution in [3.8, 4) is 12.3 Å². The van der Waals surface area contributed by atoms with Crippen LogP contribution in [0.4, 0.5) is 0 Å². The van der Waals surface area contributed by atoms with Gasteiger partial charge in [-0.3, -0.25) is 0 Å². The first-order valence-electron chi connectivity index (χ1n) is 3.47. The normalized spacial score (nSPS) is 8.92. The van der Waals surface area contributed by atoms with Crippen molar-refractivity contribution >= 4 is 17.6 Å². The molecule has 0 aromatic carbocycles. The monoisotopic (exact) mass is 195 g/mol. The second-order valence-corrected chi connectivity index (χ2v) is 2.48. The molecule has 0 radical (unpaired) electrons. The predicted molar refractivity (Wildman–Crippen MR) is 48.4 cm³/mol. The molecule has 0 saturated heterocycles. The van der Waals surface area contributed by atoms with Crippen LogP contribution in [0.1, 0.15) is 10.4 Å². The molecule has 4 heteroatoms. The average molecular weight is 196 g/mol. The Morgan fingerprint density at radius 3 is 3.15 bits per heavy atom. The van der Waals surface area contributed by atoms with Gasteiger partial charge in [-0.1, -0.05) is 17.5 Å². The van der Waals surface area contributed by atoms with Crippen molar-refractivity contribution in [2.24, 2.45) is 0 Å². The van der Waals surface area contributed by atoms with E-state index < -0.39 is 5.97 Å². The van der Waals surface area contributed by atoms with Gasteiger partial charge in [-0.25, -0.2) is 9.78 Å². The summed E-state index contributed by atoms with van der Waals surface area (Å²) in [7, 11) is 0. The Balaban J connectivity index is 2.78. The third kappa shape index (κ3) is 2.46. The molecule has 66 valence electrons. The minimum atomic E-state index is -0.559. The molecule has 0 aliphatic rings. The third-order valence-electron chi connectivity index (χ3n) is 1.27. The number of esters is 1. The summed E-state index contributed by atoms with van der Waals surface area (Å²) in [4.78, 5) is 14.9. The number of hydrogen-bond donors (Lipinski definition) is 0. The zero-order valence-corrected chi connectivity index (χ0v) is 7.41. The SMILES string of the molecule is C#CCOC(=O)c1cccnc1Cl. The van der Waals surface area contributed by atoms with Crippen LogP contribution in [-0.4, -0.2) is 17.6 Å². The van der Waals surface area contributed by atoms with Gasteiger partial charge in [0, 0.05) is 6.20 Å². The van der Waals surface area contributed by atoms with E-state index in [1.54, 1.807) is 6.07 Å². The molecule has 0 fully saturated rings. The molecule has 1 aromatic rings. The Morgan fingerprint density at radius 2 is 2.54 bits per heavy atom. The number of rotatable bonds is 2. The van der Waals surface area contributed by atoms with Gasteiger partial charge in [-0.05, 0) is 12.1 Å². The molecule has 0 N–H and O–H groups in total. The van der Waals surface area contributed by atoms with Crippen LogP contribution >= 0.6 is 11.6 Å². The van der Waals surface area contributed by atoms with Gasteiger partial charge in [0.25, 0.3) is 0 Å². The molecule has 1 rings (SSSR count). The van der Waals surface area contributed by atoms with E-state index in [4.69, 9.17) is 18.0 Å². The molecule has 0 unspecified atom stereocenters. The Hall–Kier alpha value is -1.53. The fourth-order valence-corrected chi connectivity index (χ4v) is 0.920. The number of ether oxygens (including phenoxy) is 1. The van der Waals surface area contributed by atoms with Gasteiger partial charge in [-0.2, -0.15) is 0 Å². The minimum absolute atomic E-state index is 0.0654. The number of hydrogen-bond acceptors (Lipinski definition) is 3. The molecule has 0 saturated carbocycles. The molecule has 0 aliphatic heterocycles. The van der Waals surface area contributed by atoms with E-state index in [-0.39, 0.29) is 17.3 Å². The van der Waals surface area contributed by atoms with E-state index in [1.165, 1.54) is 12.3 Å². The molecule has 1 heterocycles. The summed E-state index contributed by atoms with van der Waals surface area (Å²) in [5.41, 5.74) is 0.222. The predicted octanol–water partition coefficient (Wildman–Crippen LogP) is 1.52. The second kappa shape index (κ2) is 4.48. The first kappa shape index (κ1) is 9.56. The summed E-state index contributed by atoms with van der Waals surface area (Å²) < 4.78 is 4.66. The maximum absolute atomic E-state index is 11.2. The van der Waals surface area contributed by atoms with E-state index in [1.807, 2.05) is 0 Å². The van der Waals surface area contributed by atoms with Crippen LogP contribution in [0.25, 0.3) is 0 Å². The van der Waals surface area contributed by atoms with Crippen molar-refractivity contribution in [2.45, 2.75) is 0 Å². The van der Waals surface area contributed by atoms with Gasteiger partial charge >= 0.3 is 5.97 Å². The van der Waals surface area contributed by atoms with E-state index in [9.17, 15) is 4.79 Å². The van der Waals surface area contributed by atoms with Gasteiger partial charge in [0.15, 0.2) is 6.61 Å². The first-order valence-corrected chi connectivity index (χ1v) is 3.84. The highest BCUT2D eigenvalue weighted by atomic mass is 35.5. The molecule has 1 aromatic heterocycles. The third-order valence-corrected chi connectivity index (χ3v) is 1.57. The molecule has 0 atom stereocenters. The number of pyridine rings is 1. The van der Waals surface area contributed by atoms with Gasteiger partial charge in [0.2, 0.25) is 0 Å². The standard InChI is InChI=1S/C9H6ClNO2/c1-2-6-13-9(12)7-4-3-5-11-8(7)10/h1,3-5H,6H2. The quantitative estimate of drug-likeness (QED) is 0.408. The van der Waals surface area contributed by atoms with Crippen molar-refractivity contribution in [3.63, 3.8) is 0 Å². The molecule has 3 nitrogen and oxygen atoms in total. The van der Waals surface area contributed by atoms with E-state index in [0.717, 1.165) is 0 Å². The highest BCUT2D eigenvalue weighted by Gasteiger charge is 2.10. The number of carbonyl (C=O) groups is 1. The van der Waals surface area contributed by atoms with Crippen molar-refractivity contribution in [1.82, 2.24) is 4.98 Å². The maximum Gasteiger partial charge on any atom is 0.342 e. The van der Waals surface area contributed by atoms with Crippen LogP contribution in [0.15, 0.2) is 18.3 Å². The van der Waals surface area contributed by atoms with Gasteiger partial charge < -0.3 is 4.74 Å². The Bertz CT molecular complexity index is 357. The van der Waals surface area contributed by atoms with E-state index in [2.05, 4.69) is 15.6 Å². The molecular formula is C9H6ClNO2. The lowest BCUT2D eigenvalue weighted by molar-refractivity contribution is 0.0556. The number of nitrogens with zero attached hydrogens (tertiary/aromatic N) is 1. The van der Waals surface area contributed by atoms with E-state index in [0.29, 0.717) is 0 Å². The number of carbonyl (C=O) groups excluding carboxylic acids is 1. The summed E-state index contributed by atoms with van der Waals surface area (Å²) in [6, 6.07) is 3.12. The summed E-state index contributed by atoms with van der Waals surface area (Å²) in [6.45, 7) is -0.0654. The lowest BCUT2D eigenvalue weighted by Crippen LogP contribution is -2.06. The van der Waals surface area contributed by atoms with Crippen LogP contribution in [0.2, 0.25) is 5.15 Å². The number of halogens is 1. The van der Waals surface area contributed by atoms with Crippen LogP contribution in [0.3, 0.4) is 0 Å². The highest BCUT2D eigenvalue weighted by Crippen LogP contribution is 2.12. The van der Waals surface area contributed by atoms with Crippen LogP contribution < -0.4 is 0 Å². The summed E-state index contributed by atoms with van der Waals surface area (Å²) >= 11 is 5.63. The minimum Gasteiger partial charge on any atom is -0.449 e. The zero-order valence-electron chi connectivity index (χ0n) is 6.66. The van der Waals surface area contributed by atoms with Gasteiger partial charge in [0.05, 0.1) is 5.56 Å². The summed E-state index contributed by atoms with van der Waals surface area (Å²) in [6.07, 6.45) is 6.40. The number of aromatic nitrogens is 1. The molecule has 0 aliphatic carbocycles. The Kier molecular flexibility index (Phi) is 3.30. The Labute approximate surface area is 80.7 Å². The van der Waals surface area contributed by atoms with Gasteiger partial charge in [-0.15, -0.1) is 6.42 Å². The largest absolute Gasteiger partial charge is 0.449 e. The molecule has 0 bridgehead atoms. The lowest BCUT2D eigenvalue weighted by Gasteiger charge is -2.01. The van der Waals surface area contributed by atoms with Gasteiger partial charge in [0.1, 0.15) is 5.15 Å². The van der Waals surface area contributed by atoms with Crippen molar-refractivity contribution in [2.75, 3.05) is 6.61 Å². The topological polar surface area (TPSA) is 39.2 Å². The van der Waals surface area contributed by atoms with Crippen LogP contribution in [0, 0.1) is 12.3 Å². The second-order valence-electron chi connectivity index (χ2n) is 2.12. The Morgan fingerprint density at radius 1 is 1.77 bits per heavy atom. The molecule has 13 heavy (non-hydrogen) atoms. The zero-order chi connectivity index (χ0) is 9.68. The average Bonchev–Trinajstić information content (AvgIpc) is 2.15. The first-order chi connectivity index (χ1) is 6.25. The summed E-state index contributed by atoms with van der Waals surface area (Å²) in [5.74, 6) is 1.62.